The van der Waals surface area contributed by atoms with Gasteiger partial charge in [-0.2, -0.15) is 0 Å². The van der Waals surface area contributed by atoms with Crippen LogP contribution in [0.1, 0.15) is 55.3 Å². The van der Waals surface area contributed by atoms with E-state index in [0.29, 0.717) is 28.0 Å². The fraction of sp³-hybridized carbons (Fsp3) is 0.333. The quantitative estimate of drug-likeness (QED) is 0.204. The summed E-state index contributed by atoms with van der Waals surface area (Å²) in [6, 6.07) is 18.9. The molecule has 2 aromatic heterocycles. The van der Waals surface area contributed by atoms with Crippen molar-refractivity contribution in [1.82, 2.24) is 24.0 Å². The minimum atomic E-state index is -1.25. The number of likely N-dealkylation sites (tertiary alicyclic amines) is 1. The van der Waals surface area contributed by atoms with Gasteiger partial charge in [0.25, 0.3) is 5.79 Å². The fourth-order valence-electron chi connectivity index (χ4n) is 6.39. The van der Waals surface area contributed by atoms with Gasteiger partial charge in [0, 0.05) is 30.3 Å². The van der Waals surface area contributed by atoms with Gasteiger partial charge >= 0.3 is 0 Å². The van der Waals surface area contributed by atoms with Crippen molar-refractivity contribution in [3.63, 3.8) is 0 Å². The predicted octanol–water partition coefficient (Wildman–Crippen LogP) is 7.12. The molecule has 2 aliphatic heterocycles. The number of piperidine rings is 1. The Morgan fingerprint density at radius 3 is 2.67 bits per heavy atom. The summed E-state index contributed by atoms with van der Waals surface area (Å²) in [7, 11) is 0. The van der Waals surface area contributed by atoms with E-state index in [-0.39, 0.29) is 0 Å². The van der Waals surface area contributed by atoms with Crippen molar-refractivity contribution >= 4 is 22.6 Å². The van der Waals surface area contributed by atoms with E-state index in [0.717, 1.165) is 68.0 Å². The number of benzene rings is 3. The third-order valence-corrected chi connectivity index (χ3v) is 8.85. The normalized spacial score (nSPS) is 19.1. The molecule has 42 heavy (non-hydrogen) atoms. The Morgan fingerprint density at radius 1 is 1.02 bits per heavy atom. The highest BCUT2D eigenvalue weighted by atomic mass is 35.5. The molecular weight excluding hydrogens is 553 g/mol. The largest absolute Gasteiger partial charge is 0.444 e. The lowest BCUT2D eigenvalue weighted by Gasteiger charge is -2.32. The molecule has 3 aromatic carbocycles. The molecule has 1 atom stereocenters. The summed E-state index contributed by atoms with van der Waals surface area (Å²) in [5, 5.41) is 0.339. The zero-order chi connectivity index (χ0) is 28.8. The summed E-state index contributed by atoms with van der Waals surface area (Å²) in [6.07, 6.45) is 5.80. The second-order valence-electron chi connectivity index (χ2n) is 11.3. The van der Waals surface area contributed by atoms with Crippen LogP contribution in [0.25, 0.3) is 11.0 Å². The van der Waals surface area contributed by atoms with Crippen LogP contribution in [0, 0.1) is 5.82 Å². The maximum absolute atomic E-state index is 14.8. The SMILES string of the molecule is CCn1cncc1Cn1c(CN2CCC(c3cccc4c3OC(C)(c3ccc(Cl)cc3F)O4)CC2)nc2ccccc21. The van der Waals surface area contributed by atoms with Gasteiger partial charge in [-0.05, 0) is 75.2 Å². The van der Waals surface area contributed by atoms with Crippen LogP contribution in [0.3, 0.4) is 0 Å². The molecule has 7 nitrogen and oxygen atoms in total. The van der Waals surface area contributed by atoms with Crippen LogP contribution in [-0.2, 0) is 25.4 Å². The zero-order valence-corrected chi connectivity index (χ0v) is 24.5. The van der Waals surface area contributed by atoms with Crippen LogP contribution in [0.15, 0.2) is 73.2 Å². The molecule has 1 fully saturated rings. The number of imidazole rings is 2. The Kier molecular flexibility index (Phi) is 6.91. The number of hydrogen-bond acceptors (Lipinski definition) is 5. The van der Waals surface area contributed by atoms with E-state index in [1.165, 1.54) is 11.8 Å². The number of para-hydroxylation sites is 3. The lowest BCUT2D eigenvalue weighted by atomic mass is 9.88. The first-order valence-electron chi connectivity index (χ1n) is 14.5. The number of fused-ring (bicyclic) bond motifs is 2. The highest BCUT2D eigenvalue weighted by Crippen LogP contribution is 2.49. The molecule has 0 bridgehead atoms. The summed E-state index contributed by atoms with van der Waals surface area (Å²) >= 11 is 5.99. The van der Waals surface area contributed by atoms with Gasteiger partial charge in [0.2, 0.25) is 0 Å². The van der Waals surface area contributed by atoms with Gasteiger partial charge in [-0.15, -0.1) is 0 Å². The van der Waals surface area contributed by atoms with Crippen molar-refractivity contribution in [2.24, 2.45) is 0 Å². The van der Waals surface area contributed by atoms with E-state index in [2.05, 4.69) is 50.2 Å². The van der Waals surface area contributed by atoms with Gasteiger partial charge in [0.05, 0.1) is 41.7 Å². The van der Waals surface area contributed by atoms with Crippen molar-refractivity contribution in [2.45, 2.75) is 58.0 Å². The minimum absolute atomic E-state index is 0.315. The molecule has 5 aromatic rings. The summed E-state index contributed by atoms with van der Waals surface area (Å²) in [4.78, 5) is 11.9. The molecule has 1 unspecified atom stereocenters. The molecule has 0 amide bonds. The van der Waals surface area contributed by atoms with Crippen molar-refractivity contribution in [3.8, 4) is 11.5 Å². The Bertz CT molecular complexity index is 1760. The third-order valence-electron chi connectivity index (χ3n) is 8.62. The lowest BCUT2D eigenvalue weighted by molar-refractivity contribution is -0.0712. The minimum Gasteiger partial charge on any atom is -0.444 e. The van der Waals surface area contributed by atoms with Gasteiger partial charge < -0.3 is 18.6 Å². The molecule has 0 aliphatic carbocycles. The highest BCUT2D eigenvalue weighted by molar-refractivity contribution is 6.30. The van der Waals surface area contributed by atoms with E-state index in [1.807, 2.05) is 30.7 Å². The first-order valence-corrected chi connectivity index (χ1v) is 14.9. The molecule has 1 saturated heterocycles. The number of aryl methyl sites for hydroxylation is 1. The number of halogens is 2. The Morgan fingerprint density at radius 2 is 1.86 bits per heavy atom. The van der Waals surface area contributed by atoms with Crippen LogP contribution in [0.5, 0.6) is 11.5 Å². The molecule has 0 N–H and O–H groups in total. The molecule has 9 heteroatoms. The van der Waals surface area contributed by atoms with Gasteiger partial charge in [0.15, 0.2) is 11.5 Å². The van der Waals surface area contributed by atoms with Crippen molar-refractivity contribution in [3.05, 3.63) is 107 Å². The van der Waals surface area contributed by atoms with Crippen LogP contribution in [-0.4, -0.2) is 37.1 Å². The first-order chi connectivity index (χ1) is 20.4. The van der Waals surface area contributed by atoms with Crippen LogP contribution >= 0.6 is 11.6 Å². The topological polar surface area (TPSA) is 57.3 Å². The average Bonchev–Trinajstić information content (AvgIpc) is 3.68. The van der Waals surface area contributed by atoms with E-state index < -0.39 is 11.6 Å². The van der Waals surface area contributed by atoms with E-state index >= 15 is 0 Å². The van der Waals surface area contributed by atoms with Crippen molar-refractivity contribution in [2.75, 3.05) is 13.1 Å². The first kappa shape index (κ1) is 27.0. The number of nitrogens with zero attached hydrogens (tertiary/aromatic N) is 5. The second kappa shape index (κ2) is 10.7. The predicted molar refractivity (Wildman–Crippen MR) is 160 cm³/mol. The van der Waals surface area contributed by atoms with Crippen molar-refractivity contribution in [1.29, 1.82) is 0 Å². The Hall–Kier alpha value is -3.88. The lowest BCUT2D eigenvalue weighted by Crippen LogP contribution is -2.34. The third kappa shape index (κ3) is 4.82. The summed E-state index contributed by atoms with van der Waals surface area (Å²) < 4.78 is 31.9. The number of aromatic nitrogens is 4. The van der Waals surface area contributed by atoms with Crippen molar-refractivity contribution < 1.29 is 13.9 Å². The van der Waals surface area contributed by atoms with Gasteiger partial charge in [-0.1, -0.05) is 35.9 Å². The monoisotopic (exact) mass is 585 g/mol. The molecule has 216 valence electrons. The average molecular weight is 586 g/mol. The molecule has 4 heterocycles. The number of ether oxygens (including phenoxy) is 2. The highest BCUT2D eigenvalue weighted by Gasteiger charge is 2.43. The van der Waals surface area contributed by atoms with E-state index in [4.69, 9.17) is 26.1 Å². The second-order valence-corrected chi connectivity index (χ2v) is 11.7. The summed E-state index contributed by atoms with van der Waals surface area (Å²) in [5.74, 6) is 1.04. The number of hydrogen-bond donors (Lipinski definition) is 0. The standard InChI is InChI=1S/C33H33ClFN5O2/c1-3-39-21-36-18-24(39)19-40-29-9-5-4-8-28(29)37-31(40)20-38-15-13-22(14-16-38)25-7-6-10-30-32(25)42-33(2,41-30)26-12-11-23(34)17-27(26)35/h4-12,17-18,21-22H,3,13-16,19-20H2,1-2H3. The van der Waals surface area contributed by atoms with E-state index in [9.17, 15) is 4.39 Å². The van der Waals surface area contributed by atoms with Gasteiger partial charge in [-0.25, -0.2) is 14.4 Å². The Labute approximate surface area is 249 Å². The van der Waals surface area contributed by atoms with Gasteiger partial charge in [0.1, 0.15) is 11.6 Å². The molecule has 2 aliphatic rings. The maximum atomic E-state index is 14.8. The number of rotatable bonds is 7. The summed E-state index contributed by atoms with van der Waals surface area (Å²) in [5.41, 5.74) is 4.77. The van der Waals surface area contributed by atoms with Crippen LogP contribution < -0.4 is 9.47 Å². The molecular formula is C33H33ClFN5O2. The van der Waals surface area contributed by atoms with Crippen LogP contribution in [0.4, 0.5) is 4.39 Å². The maximum Gasteiger partial charge on any atom is 0.278 e. The van der Waals surface area contributed by atoms with Crippen LogP contribution in [0.2, 0.25) is 5.02 Å². The molecule has 7 rings (SSSR count). The fourth-order valence-corrected chi connectivity index (χ4v) is 6.55. The summed E-state index contributed by atoms with van der Waals surface area (Å²) in [6.45, 7) is 8.17. The smallest absolute Gasteiger partial charge is 0.278 e. The van der Waals surface area contributed by atoms with Gasteiger partial charge in [-0.3, -0.25) is 4.90 Å². The zero-order valence-electron chi connectivity index (χ0n) is 23.8. The molecule has 0 spiro atoms. The molecule has 0 saturated carbocycles. The van der Waals surface area contributed by atoms with E-state index in [1.54, 1.807) is 19.1 Å². The molecule has 0 radical (unpaired) electrons. The Balaban J connectivity index is 1.08.